The monoisotopic (exact) mass is 341 g/mol. The van der Waals surface area contributed by atoms with Crippen molar-refractivity contribution in [2.75, 3.05) is 6.54 Å². The summed E-state index contributed by atoms with van der Waals surface area (Å²) >= 11 is 6.13. The summed E-state index contributed by atoms with van der Waals surface area (Å²) in [6.07, 6.45) is 0.125. The molecule has 2 aromatic rings. The standard InChI is InChI=1S/C20H20ClNO2/c1-15-12-18(13-16(2)19(15)21)10-6-7-11-22-20(23)24-14-17-8-4-3-5-9-17/h3-5,8-9,12-13H,7,11,14H2,1-2H3,(H,22,23). The van der Waals surface area contributed by atoms with Crippen LogP contribution in [0.2, 0.25) is 5.02 Å². The number of carbonyl (C=O) groups excluding carboxylic acids is 1. The Bertz CT molecular complexity index is 737. The topological polar surface area (TPSA) is 38.3 Å². The van der Waals surface area contributed by atoms with Crippen molar-refractivity contribution in [3.8, 4) is 11.8 Å². The smallest absolute Gasteiger partial charge is 0.407 e. The van der Waals surface area contributed by atoms with Crippen LogP contribution in [0.25, 0.3) is 0 Å². The number of rotatable bonds is 4. The van der Waals surface area contributed by atoms with E-state index in [1.165, 1.54) is 0 Å². The Kier molecular flexibility index (Phi) is 6.72. The lowest BCUT2D eigenvalue weighted by molar-refractivity contribution is 0.140. The Morgan fingerprint density at radius 1 is 1.17 bits per heavy atom. The Labute approximate surface area is 148 Å². The van der Waals surface area contributed by atoms with Crippen LogP contribution in [0.5, 0.6) is 0 Å². The van der Waals surface area contributed by atoms with Gasteiger partial charge < -0.3 is 10.1 Å². The van der Waals surface area contributed by atoms with Crippen LogP contribution >= 0.6 is 11.6 Å². The number of hydrogen-bond donors (Lipinski definition) is 1. The van der Waals surface area contributed by atoms with E-state index < -0.39 is 6.09 Å². The summed E-state index contributed by atoms with van der Waals surface area (Å²) in [7, 11) is 0. The van der Waals surface area contributed by atoms with Crippen molar-refractivity contribution in [3.05, 3.63) is 69.7 Å². The molecule has 0 radical (unpaired) electrons. The van der Waals surface area contributed by atoms with Crippen molar-refractivity contribution in [2.45, 2.75) is 26.9 Å². The molecule has 0 aromatic heterocycles. The molecule has 0 heterocycles. The first-order chi connectivity index (χ1) is 11.6. The van der Waals surface area contributed by atoms with E-state index in [0.717, 1.165) is 27.3 Å². The number of benzene rings is 2. The third kappa shape index (κ3) is 5.64. The average molecular weight is 342 g/mol. The Balaban J connectivity index is 1.72. The van der Waals surface area contributed by atoms with Gasteiger partial charge in [-0.15, -0.1) is 0 Å². The zero-order chi connectivity index (χ0) is 17.4. The molecule has 2 rings (SSSR count). The number of carbonyl (C=O) groups is 1. The van der Waals surface area contributed by atoms with Gasteiger partial charge in [0.25, 0.3) is 0 Å². The first kappa shape index (κ1) is 17.9. The molecule has 1 amide bonds. The number of halogens is 1. The van der Waals surface area contributed by atoms with E-state index in [2.05, 4.69) is 17.2 Å². The van der Waals surface area contributed by atoms with Crippen molar-refractivity contribution in [1.82, 2.24) is 5.32 Å². The predicted octanol–water partition coefficient (Wildman–Crippen LogP) is 4.62. The van der Waals surface area contributed by atoms with Crippen molar-refractivity contribution in [1.29, 1.82) is 0 Å². The molecule has 3 nitrogen and oxygen atoms in total. The summed E-state index contributed by atoms with van der Waals surface area (Å²) < 4.78 is 5.12. The highest BCUT2D eigenvalue weighted by Crippen LogP contribution is 2.21. The molecule has 0 aliphatic rings. The second-order valence-corrected chi connectivity index (χ2v) is 5.84. The summed E-state index contributed by atoms with van der Waals surface area (Å²) in [5, 5.41) is 3.47. The maximum Gasteiger partial charge on any atom is 0.407 e. The largest absolute Gasteiger partial charge is 0.445 e. The second-order valence-electron chi connectivity index (χ2n) is 5.46. The molecule has 0 aliphatic carbocycles. The molecule has 4 heteroatoms. The molecule has 0 unspecified atom stereocenters. The van der Waals surface area contributed by atoms with E-state index in [-0.39, 0.29) is 6.61 Å². The minimum Gasteiger partial charge on any atom is -0.445 e. The lowest BCUT2D eigenvalue weighted by Gasteiger charge is -2.05. The van der Waals surface area contributed by atoms with Crippen LogP contribution in [0.15, 0.2) is 42.5 Å². The highest BCUT2D eigenvalue weighted by Gasteiger charge is 2.02. The number of ether oxygens (including phenoxy) is 1. The molecule has 0 spiro atoms. The van der Waals surface area contributed by atoms with Crippen LogP contribution < -0.4 is 5.32 Å². The third-order valence-electron chi connectivity index (χ3n) is 3.40. The summed E-state index contributed by atoms with van der Waals surface area (Å²) in [6, 6.07) is 13.5. The highest BCUT2D eigenvalue weighted by atomic mass is 35.5. The Morgan fingerprint density at radius 2 is 1.83 bits per heavy atom. The highest BCUT2D eigenvalue weighted by molar-refractivity contribution is 6.32. The lowest BCUT2D eigenvalue weighted by Crippen LogP contribution is -2.24. The molecule has 24 heavy (non-hydrogen) atoms. The summed E-state index contributed by atoms with van der Waals surface area (Å²) in [4.78, 5) is 11.6. The van der Waals surface area contributed by atoms with Gasteiger partial charge in [0.15, 0.2) is 0 Å². The molecular formula is C20H20ClNO2. The van der Waals surface area contributed by atoms with Crippen LogP contribution in [0.4, 0.5) is 4.79 Å². The average Bonchev–Trinajstić information content (AvgIpc) is 2.58. The molecule has 0 saturated carbocycles. The zero-order valence-electron chi connectivity index (χ0n) is 13.9. The van der Waals surface area contributed by atoms with Gasteiger partial charge in [-0.1, -0.05) is 53.8 Å². The van der Waals surface area contributed by atoms with Gasteiger partial charge >= 0.3 is 6.09 Å². The molecular weight excluding hydrogens is 322 g/mol. The van der Waals surface area contributed by atoms with Crippen molar-refractivity contribution in [3.63, 3.8) is 0 Å². The van der Waals surface area contributed by atoms with Crippen LogP contribution in [-0.4, -0.2) is 12.6 Å². The maximum absolute atomic E-state index is 11.6. The van der Waals surface area contributed by atoms with E-state index in [1.54, 1.807) is 0 Å². The van der Waals surface area contributed by atoms with Gasteiger partial charge in [-0.2, -0.15) is 0 Å². The maximum atomic E-state index is 11.6. The fourth-order valence-corrected chi connectivity index (χ4v) is 2.29. The fraction of sp³-hybridized carbons (Fsp3) is 0.250. The third-order valence-corrected chi connectivity index (χ3v) is 4.00. The van der Waals surface area contributed by atoms with Crippen LogP contribution in [-0.2, 0) is 11.3 Å². The molecule has 0 aliphatic heterocycles. The molecule has 124 valence electrons. The number of amides is 1. The summed E-state index contributed by atoms with van der Waals surface area (Å²) in [6.45, 7) is 4.64. The Hall–Kier alpha value is -2.44. The van der Waals surface area contributed by atoms with Crippen LogP contribution in [0.1, 0.15) is 28.7 Å². The number of hydrogen-bond acceptors (Lipinski definition) is 2. The van der Waals surface area contributed by atoms with Gasteiger partial charge in [-0.05, 0) is 42.7 Å². The van der Waals surface area contributed by atoms with Gasteiger partial charge in [0.1, 0.15) is 6.61 Å². The Morgan fingerprint density at radius 3 is 2.50 bits per heavy atom. The minimum absolute atomic E-state index is 0.266. The quantitative estimate of drug-likeness (QED) is 0.650. The minimum atomic E-state index is -0.432. The second kappa shape index (κ2) is 9.00. The predicted molar refractivity (Wildman–Crippen MR) is 97.1 cm³/mol. The summed E-state index contributed by atoms with van der Waals surface area (Å²) in [5.74, 6) is 6.13. The van der Waals surface area contributed by atoms with Gasteiger partial charge in [0.2, 0.25) is 0 Å². The molecule has 1 N–H and O–H groups in total. The van der Waals surface area contributed by atoms with E-state index in [4.69, 9.17) is 16.3 Å². The summed E-state index contributed by atoms with van der Waals surface area (Å²) in [5.41, 5.74) is 3.93. The molecule has 0 atom stereocenters. The van der Waals surface area contributed by atoms with Crippen molar-refractivity contribution in [2.24, 2.45) is 0 Å². The fourth-order valence-electron chi connectivity index (χ4n) is 2.18. The molecule has 0 saturated heterocycles. The van der Waals surface area contributed by atoms with Gasteiger partial charge in [0.05, 0.1) is 0 Å². The van der Waals surface area contributed by atoms with Gasteiger partial charge in [0, 0.05) is 23.6 Å². The van der Waals surface area contributed by atoms with Crippen LogP contribution in [0, 0.1) is 25.7 Å². The van der Waals surface area contributed by atoms with Crippen molar-refractivity contribution < 1.29 is 9.53 Å². The van der Waals surface area contributed by atoms with E-state index in [1.807, 2.05) is 56.3 Å². The molecule has 0 fully saturated rings. The van der Waals surface area contributed by atoms with Gasteiger partial charge in [-0.25, -0.2) is 4.79 Å². The van der Waals surface area contributed by atoms with Crippen molar-refractivity contribution >= 4 is 17.7 Å². The normalized spacial score (nSPS) is 9.79. The number of aryl methyl sites for hydroxylation is 2. The van der Waals surface area contributed by atoms with E-state index >= 15 is 0 Å². The first-order valence-electron chi connectivity index (χ1n) is 7.76. The number of nitrogens with one attached hydrogen (secondary N) is 1. The SMILES string of the molecule is Cc1cc(C#CCCNC(=O)OCc2ccccc2)cc(C)c1Cl. The molecule has 2 aromatic carbocycles. The van der Waals surface area contributed by atoms with Gasteiger partial charge in [-0.3, -0.25) is 0 Å². The van der Waals surface area contributed by atoms with E-state index in [0.29, 0.717) is 13.0 Å². The van der Waals surface area contributed by atoms with E-state index in [9.17, 15) is 4.79 Å². The molecule has 0 bridgehead atoms. The first-order valence-corrected chi connectivity index (χ1v) is 8.14. The number of alkyl carbamates (subject to hydrolysis) is 1. The van der Waals surface area contributed by atoms with Crippen LogP contribution in [0.3, 0.4) is 0 Å². The zero-order valence-corrected chi connectivity index (χ0v) is 14.6. The lowest BCUT2D eigenvalue weighted by atomic mass is 10.1.